The Kier molecular flexibility index (Phi) is 7.77. The number of pyridine rings is 1. The molecule has 50 heavy (non-hydrogen) atoms. The fraction of sp³-hybridized carbons (Fsp3) is 0.0909. The third kappa shape index (κ3) is 5.81. The van der Waals surface area contributed by atoms with Crippen LogP contribution in [0.1, 0.15) is 26.3 Å². The van der Waals surface area contributed by atoms with Crippen LogP contribution in [0.3, 0.4) is 0 Å². The van der Waals surface area contributed by atoms with Gasteiger partial charge in [0.15, 0.2) is 11.6 Å². The van der Waals surface area contributed by atoms with Gasteiger partial charge < -0.3 is 5.11 Å². The lowest BCUT2D eigenvalue weighted by atomic mass is 9.83. The molecule has 3 aromatic heterocycles. The first-order chi connectivity index (χ1) is 24.3. The molecule has 0 spiro atoms. The number of hydrogen-bond acceptors (Lipinski definition) is 5. The van der Waals surface area contributed by atoms with Crippen LogP contribution in [-0.2, 0) is 5.41 Å². The number of phenolic OH excluding ortho intramolecular Hbond substituents is 1. The second-order valence-corrected chi connectivity index (χ2v) is 13.4. The van der Waals surface area contributed by atoms with Gasteiger partial charge in [-0.25, -0.2) is 15.0 Å². The number of imidazole rings is 1. The first-order valence-electron chi connectivity index (χ1n) is 16.7. The normalized spacial score (nSPS) is 11.6. The second-order valence-electron chi connectivity index (χ2n) is 13.4. The van der Waals surface area contributed by atoms with Gasteiger partial charge in [-0.3, -0.25) is 9.55 Å². The average Bonchev–Trinajstić information content (AvgIpc) is 3.55. The number of rotatable bonds is 6. The van der Waals surface area contributed by atoms with Crippen LogP contribution in [0.2, 0.25) is 0 Å². The summed E-state index contributed by atoms with van der Waals surface area (Å²) in [6.07, 6.45) is 1.83. The van der Waals surface area contributed by atoms with Gasteiger partial charge in [0.2, 0.25) is 0 Å². The zero-order valence-electron chi connectivity index (χ0n) is 28.1. The van der Waals surface area contributed by atoms with Gasteiger partial charge in [0.25, 0.3) is 0 Å². The number of para-hydroxylation sites is 2. The monoisotopic (exact) mass is 649 g/mol. The third-order valence-corrected chi connectivity index (χ3v) is 8.94. The van der Waals surface area contributed by atoms with Gasteiger partial charge in [-0.05, 0) is 59.0 Å². The summed E-state index contributed by atoms with van der Waals surface area (Å²) >= 11 is 0. The third-order valence-electron chi connectivity index (χ3n) is 8.94. The van der Waals surface area contributed by atoms with Crippen molar-refractivity contribution in [1.82, 2.24) is 24.5 Å². The molecule has 6 nitrogen and oxygen atoms in total. The maximum absolute atomic E-state index is 11.2. The van der Waals surface area contributed by atoms with E-state index >= 15 is 0 Å². The number of nitrogens with zero attached hydrogens (tertiary/aromatic N) is 5. The lowest BCUT2D eigenvalue weighted by Crippen LogP contribution is -2.11. The lowest BCUT2D eigenvalue weighted by molar-refractivity contribution is 0.477. The summed E-state index contributed by atoms with van der Waals surface area (Å²) in [5, 5.41) is 11.2. The molecule has 0 saturated heterocycles. The SMILES string of the molecule is CC(C)(C)c1cc(-c2ccccn2)cc(-c2cccc3c2nc(-c2ccccc2O)n3-c2cc(-c3ccccc3)nc(-c3ccccc3)n2)c1. The highest BCUT2D eigenvalue weighted by Gasteiger charge is 2.23. The van der Waals surface area contributed by atoms with Gasteiger partial charge in [0.05, 0.1) is 28.0 Å². The van der Waals surface area contributed by atoms with Gasteiger partial charge in [-0.2, -0.15) is 0 Å². The number of hydrogen-bond donors (Lipinski definition) is 1. The Bertz CT molecular complexity index is 2410. The van der Waals surface area contributed by atoms with E-state index in [4.69, 9.17) is 15.0 Å². The summed E-state index contributed by atoms with van der Waals surface area (Å²) in [5.74, 6) is 1.96. The highest BCUT2D eigenvalue weighted by Crippen LogP contribution is 2.40. The predicted molar refractivity (Wildman–Crippen MR) is 202 cm³/mol. The van der Waals surface area contributed by atoms with Crippen LogP contribution in [0.15, 0.2) is 152 Å². The van der Waals surface area contributed by atoms with Gasteiger partial charge in [0.1, 0.15) is 11.6 Å². The summed E-state index contributed by atoms with van der Waals surface area (Å²) in [6, 6.07) is 48.4. The van der Waals surface area contributed by atoms with Crippen molar-refractivity contribution in [2.75, 3.05) is 0 Å². The average molecular weight is 650 g/mol. The Morgan fingerprint density at radius 1 is 0.540 bits per heavy atom. The van der Waals surface area contributed by atoms with E-state index in [1.807, 2.05) is 102 Å². The number of benzene rings is 5. The van der Waals surface area contributed by atoms with Crippen molar-refractivity contribution in [2.24, 2.45) is 0 Å². The van der Waals surface area contributed by atoms with Crippen LogP contribution >= 0.6 is 0 Å². The zero-order chi connectivity index (χ0) is 34.2. The molecule has 8 rings (SSSR count). The molecule has 0 aliphatic carbocycles. The van der Waals surface area contributed by atoms with Gasteiger partial charge in [-0.1, -0.05) is 118 Å². The summed E-state index contributed by atoms with van der Waals surface area (Å²) in [7, 11) is 0. The van der Waals surface area contributed by atoms with Crippen LogP contribution in [0.4, 0.5) is 0 Å². The molecule has 0 atom stereocenters. The predicted octanol–water partition coefficient (Wildman–Crippen LogP) is 10.5. The molecule has 6 heteroatoms. The Balaban J connectivity index is 1.43. The summed E-state index contributed by atoms with van der Waals surface area (Å²) in [5.41, 5.74) is 9.99. The number of phenols is 1. The molecule has 0 saturated carbocycles. The maximum Gasteiger partial charge on any atom is 0.162 e. The molecule has 0 radical (unpaired) electrons. The van der Waals surface area contributed by atoms with E-state index in [0.717, 1.165) is 50.2 Å². The molecule has 0 amide bonds. The number of aromatic hydroxyl groups is 1. The van der Waals surface area contributed by atoms with E-state index in [9.17, 15) is 5.11 Å². The molecule has 3 heterocycles. The Morgan fingerprint density at radius 2 is 1.22 bits per heavy atom. The number of fused-ring (bicyclic) bond motifs is 1. The first kappa shape index (κ1) is 30.9. The van der Waals surface area contributed by atoms with E-state index in [-0.39, 0.29) is 11.2 Å². The molecule has 5 aromatic carbocycles. The van der Waals surface area contributed by atoms with Gasteiger partial charge in [-0.15, -0.1) is 0 Å². The van der Waals surface area contributed by atoms with Gasteiger partial charge >= 0.3 is 0 Å². The van der Waals surface area contributed by atoms with Crippen molar-refractivity contribution in [3.05, 3.63) is 157 Å². The highest BCUT2D eigenvalue weighted by atomic mass is 16.3. The van der Waals surface area contributed by atoms with E-state index in [1.165, 1.54) is 5.56 Å². The Labute approximate surface area is 291 Å². The zero-order valence-corrected chi connectivity index (χ0v) is 28.1. The molecule has 0 bridgehead atoms. The van der Waals surface area contributed by atoms with Crippen LogP contribution in [0, 0.1) is 0 Å². The first-order valence-corrected chi connectivity index (χ1v) is 16.7. The molecule has 0 unspecified atom stereocenters. The second kappa shape index (κ2) is 12.6. The molecule has 0 aliphatic rings. The van der Waals surface area contributed by atoms with Crippen molar-refractivity contribution in [3.63, 3.8) is 0 Å². The van der Waals surface area contributed by atoms with Crippen LogP contribution in [0.5, 0.6) is 5.75 Å². The van der Waals surface area contributed by atoms with E-state index < -0.39 is 0 Å². The van der Waals surface area contributed by atoms with Crippen molar-refractivity contribution in [1.29, 1.82) is 0 Å². The quantitative estimate of drug-likeness (QED) is 0.194. The van der Waals surface area contributed by atoms with Crippen molar-refractivity contribution in [3.8, 4) is 68.0 Å². The van der Waals surface area contributed by atoms with Crippen molar-refractivity contribution < 1.29 is 5.11 Å². The fourth-order valence-corrected chi connectivity index (χ4v) is 6.33. The fourth-order valence-electron chi connectivity index (χ4n) is 6.33. The van der Waals surface area contributed by atoms with Gasteiger partial charge in [0, 0.05) is 34.5 Å². The largest absolute Gasteiger partial charge is 0.507 e. The Morgan fingerprint density at radius 3 is 1.94 bits per heavy atom. The minimum absolute atomic E-state index is 0.101. The minimum atomic E-state index is -0.101. The van der Waals surface area contributed by atoms with Crippen LogP contribution in [0.25, 0.3) is 73.3 Å². The molecule has 0 aliphatic heterocycles. The van der Waals surface area contributed by atoms with Crippen molar-refractivity contribution in [2.45, 2.75) is 26.2 Å². The topological polar surface area (TPSA) is 76.7 Å². The summed E-state index contributed by atoms with van der Waals surface area (Å²) in [4.78, 5) is 20.2. The van der Waals surface area contributed by atoms with Crippen molar-refractivity contribution >= 4 is 11.0 Å². The Hall–Kier alpha value is -6.40. The minimum Gasteiger partial charge on any atom is -0.507 e. The maximum atomic E-state index is 11.2. The van der Waals surface area contributed by atoms with E-state index in [2.05, 4.69) is 74.3 Å². The smallest absolute Gasteiger partial charge is 0.162 e. The molecular weight excluding hydrogens is 615 g/mol. The van der Waals surface area contributed by atoms with E-state index in [0.29, 0.717) is 23.0 Å². The van der Waals surface area contributed by atoms with Crippen LogP contribution < -0.4 is 0 Å². The lowest BCUT2D eigenvalue weighted by Gasteiger charge is -2.21. The molecular formula is C44H35N5O. The molecule has 0 fully saturated rings. The van der Waals surface area contributed by atoms with Crippen LogP contribution in [-0.4, -0.2) is 29.6 Å². The molecule has 8 aromatic rings. The summed E-state index contributed by atoms with van der Waals surface area (Å²) in [6.45, 7) is 6.68. The molecule has 1 N–H and O–H groups in total. The highest BCUT2D eigenvalue weighted by molar-refractivity contribution is 5.96. The standard InChI is InChI=1S/C44H35N5O/c1-44(2,3)33-26-31(25-32(27-33)36-21-12-13-24-45-36)34-20-14-22-38-41(34)48-43(35-19-10-11-23-39(35)50)49(38)40-28-37(29-15-6-4-7-16-29)46-42(47-40)30-17-8-5-9-18-30/h4-28,50H,1-3H3. The number of aromatic nitrogens is 5. The van der Waals surface area contributed by atoms with E-state index in [1.54, 1.807) is 6.07 Å². The summed E-state index contributed by atoms with van der Waals surface area (Å²) < 4.78 is 2.04. The molecule has 242 valence electrons.